The first-order valence-corrected chi connectivity index (χ1v) is 6.06. The monoisotopic (exact) mass is 239 g/mol. The number of allylic oxidation sites excluding steroid dienone is 1. The van der Waals surface area contributed by atoms with Crippen LogP contribution in [0.2, 0.25) is 0 Å². The zero-order chi connectivity index (χ0) is 13.4. The molecule has 0 aromatic heterocycles. The highest BCUT2D eigenvalue weighted by Gasteiger charge is 2.01. The van der Waals surface area contributed by atoms with Crippen LogP contribution in [0.1, 0.15) is 25.0 Å². The first-order chi connectivity index (χ1) is 8.73. The summed E-state index contributed by atoms with van der Waals surface area (Å²) >= 11 is 0. The summed E-state index contributed by atoms with van der Waals surface area (Å²) in [6.45, 7) is 7.19. The summed E-state index contributed by atoms with van der Waals surface area (Å²) in [5.41, 5.74) is 2.23. The van der Waals surface area contributed by atoms with E-state index in [-0.39, 0.29) is 5.57 Å². The van der Waals surface area contributed by atoms with E-state index in [9.17, 15) is 0 Å². The Kier molecular flexibility index (Phi) is 5.64. The van der Waals surface area contributed by atoms with Crippen molar-refractivity contribution >= 4 is 6.08 Å². The summed E-state index contributed by atoms with van der Waals surface area (Å²) in [4.78, 5) is 2.32. The molecule has 3 heteroatoms. The van der Waals surface area contributed by atoms with Crippen molar-refractivity contribution in [3.05, 3.63) is 41.0 Å². The standard InChI is InChI=1S/C15H17N3/c1-3-18(4-2)12-14-7-5-6-13(8-14)9-15(10-16)11-17/h5-9H,3-4,12H2,1-2H3. The lowest BCUT2D eigenvalue weighted by Gasteiger charge is -2.18. The lowest BCUT2D eigenvalue weighted by Crippen LogP contribution is -2.22. The maximum Gasteiger partial charge on any atom is 0.130 e. The third-order valence-electron chi connectivity index (χ3n) is 2.80. The molecule has 0 saturated heterocycles. The van der Waals surface area contributed by atoms with Gasteiger partial charge in [-0.3, -0.25) is 4.90 Å². The van der Waals surface area contributed by atoms with Gasteiger partial charge in [0, 0.05) is 6.54 Å². The molecule has 0 radical (unpaired) electrons. The molecular formula is C15H17N3. The van der Waals surface area contributed by atoms with Crippen LogP contribution < -0.4 is 0 Å². The Hall–Kier alpha value is -2.10. The van der Waals surface area contributed by atoms with Crippen molar-refractivity contribution in [3.8, 4) is 12.1 Å². The van der Waals surface area contributed by atoms with Crippen molar-refractivity contribution in [2.45, 2.75) is 20.4 Å². The van der Waals surface area contributed by atoms with E-state index in [4.69, 9.17) is 10.5 Å². The fourth-order valence-corrected chi connectivity index (χ4v) is 1.74. The Morgan fingerprint density at radius 1 is 1.22 bits per heavy atom. The van der Waals surface area contributed by atoms with E-state index in [0.717, 1.165) is 25.2 Å². The van der Waals surface area contributed by atoms with Crippen LogP contribution in [0.4, 0.5) is 0 Å². The fraction of sp³-hybridized carbons (Fsp3) is 0.333. The molecule has 18 heavy (non-hydrogen) atoms. The van der Waals surface area contributed by atoms with Gasteiger partial charge in [0.25, 0.3) is 0 Å². The normalized spacial score (nSPS) is 9.61. The van der Waals surface area contributed by atoms with Crippen molar-refractivity contribution in [3.63, 3.8) is 0 Å². The molecule has 0 heterocycles. The fourth-order valence-electron chi connectivity index (χ4n) is 1.74. The van der Waals surface area contributed by atoms with E-state index in [1.807, 2.05) is 30.3 Å². The molecule has 0 unspecified atom stereocenters. The number of nitriles is 2. The Morgan fingerprint density at radius 2 is 1.89 bits per heavy atom. The van der Waals surface area contributed by atoms with Crippen LogP contribution in [0.5, 0.6) is 0 Å². The van der Waals surface area contributed by atoms with Crippen molar-refractivity contribution in [2.75, 3.05) is 13.1 Å². The van der Waals surface area contributed by atoms with Crippen LogP contribution in [0, 0.1) is 22.7 Å². The molecule has 0 N–H and O–H groups in total. The molecular weight excluding hydrogens is 222 g/mol. The maximum absolute atomic E-state index is 8.73. The summed E-state index contributed by atoms with van der Waals surface area (Å²) in [5, 5.41) is 17.5. The second-order valence-electron chi connectivity index (χ2n) is 3.99. The van der Waals surface area contributed by atoms with Gasteiger partial charge in [0.2, 0.25) is 0 Å². The minimum Gasteiger partial charge on any atom is -0.300 e. The van der Waals surface area contributed by atoms with Gasteiger partial charge in [-0.25, -0.2) is 0 Å². The van der Waals surface area contributed by atoms with Gasteiger partial charge >= 0.3 is 0 Å². The van der Waals surface area contributed by atoms with Crippen LogP contribution in [0.15, 0.2) is 29.8 Å². The molecule has 92 valence electrons. The van der Waals surface area contributed by atoms with E-state index in [2.05, 4.69) is 24.8 Å². The number of nitrogens with zero attached hydrogens (tertiary/aromatic N) is 3. The summed E-state index contributed by atoms with van der Waals surface area (Å²) in [6, 6.07) is 11.7. The zero-order valence-electron chi connectivity index (χ0n) is 10.8. The molecule has 1 rings (SSSR count). The molecule has 0 aliphatic carbocycles. The molecule has 0 aliphatic heterocycles. The number of rotatable bonds is 5. The molecule has 0 saturated carbocycles. The van der Waals surface area contributed by atoms with Gasteiger partial charge in [0.05, 0.1) is 0 Å². The molecule has 0 amide bonds. The minimum atomic E-state index is 0.134. The topological polar surface area (TPSA) is 50.8 Å². The zero-order valence-corrected chi connectivity index (χ0v) is 10.8. The summed E-state index contributed by atoms with van der Waals surface area (Å²) < 4.78 is 0. The number of hydrogen-bond donors (Lipinski definition) is 0. The smallest absolute Gasteiger partial charge is 0.130 e. The van der Waals surface area contributed by atoms with Crippen LogP contribution in [0.25, 0.3) is 6.08 Å². The minimum absolute atomic E-state index is 0.134. The molecule has 3 nitrogen and oxygen atoms in total. The number of benzene rings is 1. The van der Waals surface area contributed by atoms with Crippen molar-refractivity contribution in [2.24, 2.45) is 0 Å². The Morgan fingerprint density at radius 3 is 2.44 bits per heavy atom. The van der Waals surface area contributed by atoms with E-state index in [1.165, 1.54) is 5.56 Å². The number of hydrogen-bond acceptors (Lipinski definition) is 3. The molecule has 1 aromatic rings. The molecule has 0 spiro atoms. The third-order valence-corrected chi connectivity index (χ3v) is 2.80. The second-order valence-corrected chi connectivity index (χ2v) is 3.99. The SMILES string of the molecule is CCN(CC)Cc1cccc(C=C(C#N)C#N)c1. The van der Waals surface area contributed by atoms with Crippen molar-refractivity contribution in [1.82, 2.24) is 4.90 Å². The van der Waals surface area contributed by atoms with E-state index >= 15 is 0 Å². The molecule has 0 fully saturated rings. The lowest BCUT2D eigenvalue weighted by atomic mass is 10.1. The van der Waals surface area contributed by atoms with Gasteiger partial charge in [-0.1, -0.05) is 38.1 Å². The predicted octanol–water partition coefficient (Wildman–Crippen LogP) is 2.96. The Balaban J connectivity index is 2.90. The summed E-state index contributed by atoms with van der Waals surface area (Å²) in [5.74, 6) is 0. The maximum atomic E-state index is 8.73. The average Bonchev–Trinajstić information content (AvgIpc) is 2.42. The molecule has 0 aliphatic rings. The molecule has 0 bridgehead atoms. The quantitative estimate of drug-likeness (QED) is 0.742. The first kappa shape index (κ1) is 14.0. The van der Waals surface area contributed by atoms with Crippen LogP contribution in [-0.4, -0.2) is 18.0 Å². The average molecular weight is 239 g/mol. The second kappa shape index (κ2) is 7.27. The van der Waals surface area contributed by atoms with Gasteiger partial charge in [-0.2, -0.15) is 10.5 Å². The van der Waals surface area contributed by atoms with Crippen molar-refractivity contribution in [1.29, 1.82) is 10.5 Å². The van der Waals surface area contributed by atoms with Gasteiger partial charge in [0.15, 0.2) is 0 Å². The first-order valence-electron chi connectivity index (χ1n) is 6.06. The largest absolute Gasteiger partial charge is 0.300 e. The van der Waals surface area contributed by atoms with Gasteiger partial charge in [0.1, 0.15) is 17.7 Å². The molecule has 0 atom stereocenters. The highest BCUT2D eigenvalue weighted by Crippen LogP contribution is 2.11. The van der Waals surface area contributed by atoms with E-state index < -0.39 is 0 Å². The van der Waals surface area contributed by atoms with E-state index in [0.29, 0.717) is 0 Å². The van der Waals surface area contributed by atoms with Gasteiger partial charge in [-0.15, -0.1) is 0 Å². The lowest BCUT2D eigenvalue weighted by molar-refractivity contribution is 0.296. The Labute approximate surface area is 109 Å². The van der Waals surface area contributed by atoms with Gasteiger partial charge in [-0.05, 0) is 30.3 Å². The van der Waals surface area contributed by atoms with Crippen LogP contribution in [-0.2, 0) is 6.54 Å². The third kappa shape index (κ3) is 4.05. The highest BCUT2D eigenvalue weighted by atomic mass is 15.1. The molecule has 1 aromatic carbocycles. The summed E-state index contributed by atoms with van der Waals surface area (Å²) in [7, 11) is 0. The van der Waals surface area contributed by atoms with E-state index in [1.54, 1.807) is 6.08 Å². The Bertz CT molecular complexity index is 483. The predicted molar refractivity (Wildman–Crippen MR) is 72.3 cm³/mol. The van der Waals surface area contributed by atoms with Gasteiger partial charge < -0.3 is 0 Å². The van der Waals surface area contributed by atoms with Crippen molar-refractivity contribution < 1.29 is 0 Å². The van der Waals surface area contributed by atoms with Crippen LogP contribution >= 0.6 is 0 Å². The summed E-state index contributed by atoms with van der Waals surface area (Å²) in [6.07, 6.45) is 1.62. The van der Waals surface area contributed by atoms with Crippen LogP contribution in [0.3, 0.4) is 0 Å². The highest BCUT2D eigenvalue weighted by molar-refractivity contribution is 5.62.